The van der Waals surface area contributed by atoms with E-state index in [1.165, 1.54) is 0 Å². The fourth-order valence-electron chi connectivity index (χ4n) is 2.99. The van der Waals surface area contributed by atoms with Crippen LogP contribution >= 0.6 is 0 Å². The summed E-state index contributed by atoms with van der Waals surface area (Å²) in [7, 11) is 0. The first-order chi connectivity index (χ1) is 13.3. The Hall–Kier alpha value is -2.45. The number of para-hydroxylation sites is 1. The van der Waals surface area contributed by atoms with E-state index in [4.69, 9.17) is 14.2 Å². The summed E-state index contributed by atoms with van der Waals surface area (Å²) < 4.78 is 16.4. The molecule has 8 nitrogen and oxygen atoms in total. The highest BCUT2D eigenvalue weighted by molar-refractivity contribution is 5.94. The molecule has 1 aromatic carbocycles. The zero-order valence-corrected chi connectivity index (χ0v) is 15.6. The Labute approximate surface area is 158 Å². The molecule has 1 aliphatic rings. The van der Waals surface area contributed by atoms with Crippen molar-refractivity contribution in [2.24, 2.45) is 0 Å². The zero-order chi connectivity index (χ0) is 18.9. The van der Waals surface area contributed by atoms with Crippen molar-refractivity contribution < 1.29 is 19.0 Å². The molecular formula is C19H26N4O4. The SMILES string of the molecule is CCOC(=O)c1n[nH]nc1-c1ccccc1OCCCCN1CCOCC1. The summed E-state index contributed by atoms with van der Waals surface area (Å²) in [4.78, 5) is 14.5. The summed E-state index contributed by atoms with van der Waals surface area (Å²) >= 11 is 0. The molecule has 27 heavy (non-hydrogen) atoms. The zero-order valence-electron chi connectivity index (χ0n) is 15.6. The van der Waals surface area contributed by atoms with E-state index in [9.17, 15) is 4.79 Å². The Morgan fingerprint density at radius 2 is 2.04 bits per heavy atom. The molecule has 0 spiro atoms. The van der Waals surface area contributed by atoms with Crippen LogP contribution in [0.25, 0.3) is 11.3 Å². The van der Waals surface area contributed by atoms with E-state index in [1.807, 2.05) is 24.3 Å². The van der Waals surface area contributed by atoms with Crippen LogP contribution in [0.1, 0.15) is 30.3 Å². The Kier molecular flexibility index (Phi) is 7.18. The first-order valence-corrected chi connectivity index (χ1v) is 9.39. The van der Waals surface area contributed by atoms with Crippen molar-refractivity contribution in [2.75, 3.05) is 46.1 Å². The van der Waals surface area contributed by atoms with Crippen molar-refractivity contribution in [3.8, 4) is 17.0 Å². The van der Waals surface area contributed by atoms with Crippen molar-refractivity contribution in [1.29, 1.82) is 0 Å². The second-order valence-corrected chi connectivity index (χ2v) is 6.25. The lowest BCUT2D eigenvalue weighted by molar-refractivity contribution is 0.0368. The largest absolute Gasteiger partial charge is 0.493 e. The number of ether oxygens (including phenoxy) is 3. The van der Waals surface area contributed by atoms with Crippen LogP contribution in [-0.4, -0.2) is 72.3 Å². The van der Waals surface area contributed by atoms with Gasteiger partial charge in [-0.05, 0) is 38.4 Å². The molecule has 1 fully saturated rings. The number of esters is 1. The van der Waals surface area contributed by atoms with Gasteiger partial charge in [0, 0.05) is 18.7 Å². The minimum atomic E-state index is -0.499. The van der Waals surface area contributed by atoms with Crippen LogP contribution in [0, 0.1) is 0 Å². The summed E-state index contributed by atoms with van der Waals surface area (Å²) in [6, 6.07) is 7.52. The van der Waals surface area contributed by atoms with Crippen molar-refractivity contribution in [3.63, 3.8) is 0 Å². The van der Waals surface area contributed by atoms with Gasteiger partial charge in [0.1, 0.15) is 11.4 Å². The van der Waals surface area contributed by atoms with Crippen LogP contribution in [0.2, 0.25) is 0 Å². The van der Waals surface area contributed by atoms with Crippen LogP contribution in [0.15, 0.2) is 24.3 Å². The third-order valence-corrected chi connectivity index (χ3v) is 4.39. The van der Waals surface area contributed by atoms with Gasteiger partial charge in [0.05, 0.1) is 26.4 Å². The van der Waals surface area contributed by atoms with Crippen LogP contribution in [0.4, 0.5) is 0 Å². The molecule has 0 amide bonds. The minimum absolute atomic E-state index is 0.167. The van der Waals surface area contributed by atoms with Crippen molar-refractivity contribution >= 4 is 5.97 Å². The van der Waals surface area contributed by atoms with Gasteiger partial charge < -0.3 is 14.2 Å². The molecule has 8 heteroatoms. The second-order valence-electron chi connectivity index (χ2n) is 6.25. The monoisotopic (exact) mass is 374 g/mol. The Balaban J connectivity index is 1.56. The first-order valence-electron chi connectivity index (χ1n) is 9.39. The fraction of sp³-hybridized carbons (Fsp3) is 0.526. The number of aromatic amines is 1. The predicted octanol–water partition coefficient (Wildman–Crippen LogP) is 2.14. The van der Waals surface area contributed by atoms with E-state index in [1.54, 1.807) is 6.92 Å². The second kappa shape index (κ2) is 10.0. The summed E-state index contributed by atoms with van der Waals surface area (Å²) in [5.41, 5.74) is 1.33. The lowest BCUT2D eigenvalue weighted by atomic mass is 10.1. The van der Waals surface area contributed by atoms with Crippen molar-refractivity contribution in [2.45, 2.75) is 19.8 Å². The number of morpholine rings is 1. The molecule has 2 heterocycles. The highest BCUT2D eigenvalue weighted by atomic mass is 16.5. The lowest BCUT2D eigenvalue weighted by Gasteiger charge is -2.26. The smallest absolute Gasteiger partial charge is 0.361 e. The predicted molar refractivity (Wildman–Crippen MR) is 99.8 cm³/mol. The maximum Gasteiger partial charge on any atom is 0.361 e. The highest BCUT2D eigenvalue weighted by Crippen LogP contribution is 2.30. The Bertz CT molecular complexity index is 728. The summed E-state index contributed by atoms with van der Waals surface area (Å²) in [6.07, 6.45) is 2.02. The van der Waals surface area contributed by atoms with E-state index in [0.29, 0.717) is 18.1 Å². The van der Waals surface area contributed by atoms with Crippen molar-refractivity contribution in [1.82, 2.24) is 20.3 Å². The molecule has 0 aliphatic carbocycles. The van der Waals surface area contributed by atoms with Crippen LogP contribution in [0.3, 0.4) is 0 Å². The van der Waals surface area contributed by atoms with Crippen LogP contribution in [-0.2, 0) is 9.47 Å². The third-order valence-electron chi connectivity index (χ3n) is 4.39. The minimum Gasteiger partial charge on any atom is -0.493 e. The number of aromatic nitrogens is 3. The topological polar surface area (TPSA) is 89.6 Å². The molecule has 0 radical (unpaired) electrons. The van der Waals surface area contributed by atoms with Gasteiger partial charge in [-0.3, -0.25) is 4.90 Å². The van der Waals surface area contributed by atoms with E-state index in [0.717, 1.165) is 51.3 Å². The van der Waals surface area contributed by atoms with E-state index in [2.05, 4.69) is 20.3 Å². The number of unbranched alkanes of at least 4 members (excludes halogenated alkanes) is 1. The van der Waals surface area contributed by atoms with Gasteiger partial charge in [-0.15, -0.1) is 5.10 Å². The quantitative estimate of drug-likeness (QED) is 0.531. The number of carbonyl (C=O) groups excluding carboxylic acids is 1. The molecule has 0 unspecified atom stereocenters. The number of benzene rings is 1. The van der Waals surface area contributed by atoms with Crippen LogP contribution < -0.4 is 4.74 Å². The van der Waals surface area contributed by atoms with Gasteiger partial charge in [0.15, 0.2) is 5.69 Å². The van der Waals surface area contributed by atoms with Gasteiger partial charge >= 0.3 is 5.97 Å². The van der Waals surface area contributed by atoms with Gasteiger partial charge in [-0.1, -0.05) is 12.1 Å². The molecule has 1 aromatic heterocycles. The van der Waals surface area contributed by atoms with Crippen LogP contribution in [0.5, 0.6) is 5.75 Å². The number of hydrogen-bond acceptors (Lipinski definition) is 7. The number of rotatable bonds is 9. The van der Waals surface area contributed by atoms with Gasteiger partial charge in [0.25, 0.3) is 0 Å². The Morgan fingerprint density at radius 3 is 2.85 bits per heavy atom. The molecular weight excluding hydrogens is 348 g/mol. The van der Waals surface area contributed by atoms with Crippen molar-refractivity contribution in [3.05, 3.63) is 30.0 Å². The maximum atomic E-state index is 12.1. The third kappa shape index (κ3) is 5.27. The summed E-state index contributed by atoms with van der Waals surface area (Å²) in [5, 5.41) is 10.6. The average Bonchev–Trinajstić information content (AvgIpc) is 3.19. The molecule has 1 N–H and O–H groups in total. The lowest BCUT2D eigenvalue weighted by Crippen LogP contribution is -2.36. The molecule has 0 saturated carbocycles. The molecule has 3 rings (SSSR count). The molecule has 2 aromatic rings. The molecule has 1 saturated heterocycles. The molecule has 1 aliphatic heterocycles. The van der Waals surface area contributed by atoms with E-state index >= 15 is 0 Å². The highest BCUT2D eigenvalue weighted by Gasteiger charge is 2.21. The standard InChI is InChI=1S/C19H26N4O4/c1-2-26-19(24)18-17(20-22-21-18)15-7-3-4-8-16(15)27-12-6-5-9-23-10-13-25-14-11-23/h3-4,7-8H,2,5-6,9-14H2,1H3,(H,20,21,22). The normalized spacial score (nSPS) is 14.9. The maximum absolute atomic E-state index is 12.1. The first kappa shape index (κ1) is 19.3. The molecule has 0 bridgehead atoms. The average molecular weight is 374 g/mol. The number of H-pyrrole nitrogens is 1. The van der Waals surface area contributed by atoms with E-state index in [-0.39, 0.29) is 12.3 Å². The Morgan fingerprint density at radius 1 is 1.22 bits per heavy atom. The summed E-state index contributed by atoms with van der Waals surface area (Å²) in [6.45, 7) is 7.37. The van der Waals surface area contributed by atoms with Gasteiger partial charge in [-0.25, -0.2) is 4.79 Å². The van der Waals surface area contributed by atoms with Gasteiger partial charge in [-0.2, -0.15) is 10.3 Å². The molecule has 146 valence electrons. The van der Waals surface area contributed by atoms with Gasteiger partial charge in [0.2, 0.25) is 0 Å². The van der Waals surface area contributed by atoms with E-state index < -0.39 is 5.97 Å². The number of hydrogen-bond donors (Lipinski definition) is 1. The molecule has 0 atom stereocenters. The fourth-order valence-corrected chi connectivity index (χ4v) is 2.99. The number of carbonyl (C=O) groups is 1. The number of nitrogens with one attached hydrogen (secondary N) is 1. The summed E-state index contributed by atoms with van der Waals surface area (Å²) in [5.74, 6) is 0.185. The number of nitrogens with zero attached hydrogens (tertiary/aromatic N) is 3.